The highest BCUT2D eigenvalue weighted by molar-refractivity contribution is 4.81. The second-order valence-electron chi connectivity index (χ2n) is 10.9. The van der Waals surface area contributed by atoms with Crippen molar-refractivity contribution in [1.29, 1.82) is 0 Å². The van der Waals surface area contributed by atoms with Crippen LogP contribution in [-0.4, -0.2) is 82.7 Å². The van der Waals surface area contributed by atoms with Crippen molar-refractivity contribution in [2.75, 3.05) is 39.3 Å². The van der Waals surface area contributed by atoms with Gasteiger partial charge < -0.3 is 20.2 Å². The van der Waals surface area contributed by atoms with E-state index in [9.17, 15) is 15.3 Å². The predicted octanol–water partition coefficient (Wildman–Crippen LogP) is 6.16. The molecule has 0 saturated heterocycles. The maximum atomic E-state index is 9.88. The van der Waals surface area contributed by atoms with Gasteiger partial charge in [-0.3, -0.25) is 4.90 Å². The zero-order valence-electron chi connectivity index (χ0n) is 24.0. The van der Waals surface area contributed by atoms with E-state index in [4.69, 9.17) is 0 Å². The molecule has 0 amide bonds. The summed E-state index contributed by atoms with van der Waals surface area (Å²) in [6.07, 6.45) is 23.2. The van der Waals surface area contributed by atoms with Gasteiger partial charge >= 0.3 is 0 Å². The molecular formula is C30H62N2O3. The molecule has 5 nitrogen and oxygen atoms in total. The Hall–Kier alpha value is -0.460. The van der Waals surface area contributed by atoms with Gasteiger partial charge in [0.25, 0.3) is 0 Å². The van der Waals surface area contributed by atoms with Crippen LogP contribution >= 0.6 is 0 Å². The van der Waals surface area contributed by atoms with E-state index in [-0.39, 0.29) is 18.3 Å². The topological polar surface area (TPSA) is 67.2 Å². The Morgan fingerprint density at radius 3 is 1.34 bits per heavy atom. The highest BCUT2D eigenvalue weighted by Gasteiger charge is 2.13. The minimum Gasteiger partial charge on any atom is -0.392 e. The van der Waals surface area contributed by atoms with Gasteiger partial charge in [0, 0.05) is 19.6 Å². The largest absolute Gasteiger partial charge is 0.392 e. The average Bonchev–Trinajstić information content (AvgIpc) is 2.77. The first kappa shape index (κ1) is 34.5. The number of unbranched alkanes of at least 4 members (excludes halogenated alkanes) is 12. The molecule has 0 heterocycles. The summed E-state index contributed by atoms with van der Waals surface area (Å²) < 4.78 is 0. The van der Waals surface area contributed by atoms with Crippen molar-refractivity contribution in [3.05, 3.63) is 12.2 Å². The fourth-order valence-electron chi connectivity index (χ4n) is 4.77. The number of rotatable bonds is 26. The zero-order valence-corrected chi connectivity index (χ0v) is 24.0. The zero-order chi connectivity index (χ0) is 26.2. The van der Waals surface area contributed by atoms with Crippen molar-refractivity contribution in [3.63, 3.8) is 0 Å². The van der Waals surface area contributed by atoms with Crippen LogP contribution in [0.3, 0.4) is 0 Å². The first-order valence-corrected chi connectivity index (χ1v) is 15.0. The molecular weight excluding hydrogens is 436 g/mol. The van der Waals surface area contributed by atoms with Crippen LogP contribution in [0.15, 0.2) is 12.2 Å². The summed E-state index contributed by atoms with van der Waals surface area (Å²) in [7, 11) is 0. The van der Waals surface area contributed by atoms with Crippen LogP contribution in [0.2, 0.25) is 0 Å². The van der Waals surface area contributed by atoms with Gasteiger partial charge in [0.05, 0.1) is 18.3 Å². The molecule has 0 aliphatic carbocycles. The van der Waals surface area contributed by atoms with E-state index in [1.807, 2.05) is 6.92 Å². The second-order valence-corrected chi connectivity index (χ2v) is 10.9. The maximum Gasteiger partial charge on any atom is 0.0639 e. The molecule has 3 N–H and O–H groups in total. The second kappa shape index (κ2) is 25.2. The fourth-order valence-corrected chi connectivity index (χ4v) is 4.77. The Labute approximate surface area is 219 Å². The number of aliphatic hydroxyl groups excluding tert-OH is 3. The number of hydrogen-bond acceptors (Lipinski definition) is 5. The van der Waals surface area contributed by atoms with E-state index in [2.05, 4.69) is 28.9 Å². The van der Waals surface area contributed by atoms with E-state index in [0.717, 1.165) is 32.6 Å². The quantitative estimate of drug-likeness (QED) is 0.0984. The van der Waals surface area contributed by atoms with Crippen LogP contribution in [-0.2, 0) is 0 Å². The molecule has 0 saturated carbocycles. The maximum absolute atomic E-state index is 9.88. The Kier molecular flexibility index (Phi) is 24.9. The average molecular weight is 499 g/mol. The Morgan fingerprint density at radius 2 is 0.857 bits per heavy atom. The fraction of sp³-hybridized carbons (Fsp3) is 0.933. The first-order chi connectivity index (χ1) is 16.8. The summed E-state index contributed by atoms with van der Waals surface area (Å²) in [6.45, 7) is 12.5. The molecule has 3 unspecified atom stereocenters. The highest BCUT2D eigenvalue weighted by atomic mass is 16.3. The number of hydrogen-bond donors (Lipinski definition) is 3. The van der Waals surface area contributed by atoms with Gasteiger partial charge in [0.2, 0.25) is 0 Å². The number of nitrogens with zero attached hydrogens (tertiary/aromatic N) is 2. The normalized spacial score (nSPS) is 14.9. The summed E-state index contributed by atoms with van der Waals surface area (Å²) >= 11 is 0. The molecule has 0 aromatic carbocycles. The van der Waals surface area contributed by atoms with Crippen molar-refractivity contribution in [2.45, 2.75) is 142 Å². The minimum atomic E-state index is -0.386. The Morgan fingerprint density at radius 1 is 0.486 bits per heavy atom. The van der Waals surface area contributed by atoms with Crippen molar-refractivity contribution in [1.82, 2.24) is 9.80 Å². The minimum absolute atomic E-state index is 0.310. The molecule has 3 atom stereocenters. The van der Waals surface area contributed by atoms with Gasteiger partial charge in [-0.15, -0.1) is 0 Å². The number of aliphatic hydroxyl groups is 3. The van der Waals surface area contributed by atoms with Crippen LogP contribution in [0.1, 0.15) is 124 Å². The molecule has 0 radical (unpaired) electrons. The van der Waals surface area contributed by atoms with Crippen LogP contribution < -0.4 is 0 Å². The van der Waals surface area contributed by atoms with E-state index in [0.29, 0.717) is 13.1 Å². The summed E-state index contributed by atoms with van der Waals surface area (Å²) in [6, 6.07) is 0. The van der Waals surface area contributed by atoms with Crippen LogP contribution in [0.25, 0.3) is 0 Å². The third-order valence-corrected chi connectivity index (χ3v) is 6.50. The van der Waals surface area contributed by atoms with Crippen molar-refractivity contribution in [2.24, 2.45) is 0 Å². The van der Waals surface area contributed by atoms with E-state index < -0.39 is 0 Å². The van der Waals surface area contributed by atoms with Gasteiger partial charge in [0.1, 0.15) is 0 Å². The monoisotopic (exact) mass is 498 g/mol. The number of allylic oxidation sites excluding steroid dienone is 2. The lowest BCUT2D eigenvalue weighted by molar-refractivity contribution is 0.0777. The lowest BCUT2D eigenvalue weighted by Gasteiger charge is -2.28. The molecule has 0 bridgehead atoms. The van der Waals surface area contributed by atoms with E-state index in [1.165, 1.54) is 89.9 Å². The summed E-state index contributed by atoms with van der Waals surface area (Å²) in [5.41, 5.74) is 0. The standard InChI is InChI=1S/C30H62N2O3/c1-5-6-7-8-9-10-11-12-13-14-15-16-17-18-19-20-22-31(25-28(2)33)23-21-24-32(26-29(3)34)27-30(4)35/h12-13,28-30,33-35H,5-11,14-27H2,1-4H3/b13-12-. The molecule has 0 aromatic heterocycles. The van der Waals surface area contributed by atoms with Crippen molar-refractivity contribution in [3.8, 4) is 0 Å². The Balaban J connectivity index is 3.83. The van der Waals surface area contributed by atoms with Crippen LogP contribution in [0.5, 0.6) is 0 Å². The van der Waals surface area contributed by atoms with Crippen molar-refractivity contribution < 1.29 is 15.3 Å². The Bertz CT molecular complexity index is 445. The third kappa shape index (κ3) is 26.4. The summed E-state index contributed by atoms with van der Waals surface area (Å²) in [5, 5.41) is 29.3. The molecule has 0 aliphatic heterocycles. The van der Waals surface area contributed by atoms with Crippen LogP contribution in [0.4, 0.5) is 0 Å². The summed E-state index contributed by atoms with van der Waals surface area (Å²) in [4.78, 5) is 4.52. The van der Waals surface area contributed by atoms with Crippen molar-refractivity contribution >= 4 is 0 Å². The van der Waals surface area contributed by atoms with Gasteiger partial charge in [-0.1, -0.05) is 76.9 Å². The highest BCUT2D eigenvalue weighted by Crippen LogP contribution is 2.11. The predicted molar refractivity (Wildman–Crippen MR) is 152 cm³/mol. The van der Waals surface area contributed by atoms with Gasteiger partial charge in [-0.05, 0) is 78.9 Å². The summed E-state index contributed by atoms with van der Waals surface area (Å²) in [5.74, 6) is 0. The molecule has 0 aliphatic rings. The SMILES string of the molecule is CCCCCCCC/C=C\CCCCCCCCN(CCCN(CC(C)O)CC(C)O)CC(C)O. The molecule has 35 heavy (non-hydrogen) atoms. The smallest absolute Gasteiger partial charge is 0.0639 e. The van der Waals surface area contributed by atoms with Gasteiger partial charge in [-0.25, -0.2) is 0 Å². The molecule has 210 valence electrons. The van der Waals surface area contributed by atoms with E-state index >= 15 is 0 Å². The van der Waals surface area contributed by atoms with Gasteiger partial charge in [0.15, 0.2) is 0 Å². The lowest BCUT2D eigenvalue weighted by Crippen LogP contribution is -2.39. The third-order valence-electron chi connectivity index (χ3n) is 6.50. The molecule has 0 fully saturated rings. The first-order valence-electron chi connectivity index (χ1n) is 15.0. The molecule has 0 rings (SSSR count). The van der Waals surface area contributed by atoms with E-state index in [1.54, 1.807) is 13.8 Å². The lowest BCUT2D eigenvalue weighted by atomic mass is 10.1. The molecule has 5 heteroatoms. The molecule has 0 spiro atoms. The van der Waals surface area contributed by atoms with Crippen LogP contribution in [0, 0.1) is 0 Å². The molecule has 0 aromatic rings. The van der Waals surface area contributed by atoms with Gasteiger partial charge in [-0.2, -0.15) is 0 Å².